The van der Waals surface area contributed by atoms with E-state index in [1.807, 2.05) is 20.8 Å². The number of amides is 1. The molecule has 3 N–H and O–H groups in total. The van der Waals surface area contributed by atoms with Crippen molar-refractivity contribution in [3.05, 3.63) is 0 Å². The van der Waals surface area contributed by atoms with E-state index in [0.717, 1.165) is 6.42 Å². The predicted octanol–water partition coefficient (Wildman–Crippen LogP) is 1.57. The molecular weight excluding hydrogens is 230 g/mol. The van der Waals surface area contributed by atoms with Gasteiger partial charge in [-0.1, -0.05) is 0 Å². The molecule has 0 rings (SSSR count). The van der Waals surface area contributed by atoms with Gasteiger partial charge in [-0.25, -0.2) is 4.79 Å². The average molecular weight is 259 g/mol. The second-order valence-electron chi connectivity index (χ2n) is 5.87. The topological polar surface area (TPSA) is 67.6 Å². The van der Waals surface area contributed by atoms with Crippen LogP contribution in [0.1, 0.15) is 41.0 Å². The van der Waals surface area contributed by atoms with Crippen molar-refractivity contribution >= 4 is 6.09 Å². The van der Waals surface area contributed by atoms with E-state index in [9.17, 15) is 4.79 Å². The summed E-state index contributed by atoms with van der Waals surface area (Å²) < 4.78 is 5.17. The van der Waals surface area contributed by atoms with Gasteiger partial charge in [0.25, 0.3) is 0 Å². The van der Waals surface area contributed by atoms with Gasteiger partial charge in [0.05, 0.1) is 0 Å². The smallest absolute Gasteiger partial charge is 0.407 e. The predicted molar refractivity (Wildman–Crippen MR) is 74.6 cm³/mol. The molecule has 0 bridgehead atoms. The van der Waals surface area contributed by atoms with Crippen molar-refractivity contribution in [3.63, 3.8) is 0 Å². The highest BCUT2D eigenvalue weighted by Crippen LogP contribution is 2.07. The zero-order valence-corrected chi connectivity index (χ0v) is 12.6. The van der Waals surface area contributed by atoms with Gasteiger partial charge >= 0.3 is 6.09 Å². The van der Waals surface area contributed by atoms with Crippen molar-refractivity contribution in [2.24, 2.45) is 5.73 Å². The third-order valence-electron chi connectivity index (χ3n) is 2.81. The van der Waals surface area contributed by atoms with Gasteiger partial charge in [-0.15, -0.1) is 0 Å². The molecule has 1 unspecified atom stereocenters. The van der Waals surface area contributed by atoms with Gasteiger partial charge in [0, 0.05) is 25.2 Å². The van der Waals surface area contributed by atoms with Crippen LogP contribution in [-0.2, 0) is 4.74 Å². The third kappa shape index (κ3) is 7.50. The fraction of sp³-hybridized carbons (Fsp3) is 0.923. The van der Waals surface area contributed by atoms with E-state index in [2.05, 4.69) is 31.1 Å². The fourth-order valence-electron chi connectivity index (χ4n) is 1.56. The highest BCUT2D eigenvalue weighted by molar-refractivity contribution is 5.67. The summed E-state index contributed by atoms with van der Waals surface area (Å²) in [6.07, 6.45) is 0.454. The Morgan fingerprint density at radius 2 is 1.94 bits per heavy atom. The first-order valence-electron chi connectivity index (χ1n) is 6.56. The molecule has 5 nitrogen and oxygen atoms in total. The number of hydrogen-bond donors (Lipinski definition) is 2. The van der Waals surface area contributed by atoms with E-state index in [4.69, 9.17) is 10.5 Å². The van der Waals surface area contributed by atoms with Crippen molar-refractivity contribution in [3.8, 4) is 0 Å². The lowest BCUT2D eigenvalue weighted by atomic mass is 10.1. The molecule has 0 radical (unpaired) electrons. The van der Waals surface area contributed by atoms with E-state index in [0.29, 0.717) is 19.1 Å². The summed E-state index contributed by atoms with van der Waals surface area (Å²) in [6.45, 7) is 11.0. The summed E-state index contributed by atoms with van der Waals surface area (Å²) in [6, 6.07) is 0.722. The molecule has 108 valence electrons. The van der Waals surface area contributed by atoms with Crippen molar-refractivity contribution in [2.75, 3.05) is 20.1 Å². The van der Waals surface area contributed by atoms with Gasteiger partial charge in [0.2, 0.25) is 0 Å². The van der Waals surface area contributed by atoms with Gasteiger partial charge in [0.15, 0.2) is 0 Å². The van der Waals surface area contributed by atoms with Gasteiger partial charge in [-0.3, -0.25) is 4.90 Å². The van der Waals surface area contributed by atoms with Crippen LogP contribution < -0.4 is 11.1 Å². The standard InChI is InChI=1S/C13H29N3O2/c1-10(2)16(6)11(9-14)7-8-15-12(17)18-13(3,4)5/h10-11H,7-9,14H2,1-6H3,(H,15,17). The van der Waals surface area contributed by atoms with E-state index < -0.39 is 5.60 Å². The van der Waals surface area contributed by atoms with E-state index in [1.54, 1.807) is 0 Å². The molecule has 0 aromatic rings. The summed E-state index contributed by atoms with van der Waals surface area (Å²) in [7, 11) is 2.05. The normalized spacial score (nSPS) is 13.8. The minimum atomic E-state index is -0.452. The molecule has 0 aliphatic heterocycles. The Bertz CT molecular complexity index is 249. The largest absolute Gasteiger partial charge is 0.444 e. The molecule has 0 aromatic heterocycles. The summed E-state index contributed by atoms with van der Waals surface area (Å²) in [5, 5.41) is 2.75. The van der Waals surface area contributed by atoms with Crippen LogP contribution in [0.5, 0.6) is 0 Å². The zero-order chi connectivity index (χ0) is 14.3. The summed E-state index contributed by atoms with van der Waals surface area (Å²) >= 11 is 0. The molecule has 1 amide bonds. The molecule has 0 aliphatic rings. The minimum absolute atomic E-state index is 0.278. The Morgan fingerprint density at radius 1 is 1.39 bits per heavy atom. The lowest BCUT2D eigenvalue weighted by molar-refractivity contribution is 0.0522. The van der Waals surface area contributed by atoms with Gasteiger partial charge < -0.3 is 15.8 Å². The van der Waals surface area contributed by atoms with Gasteiger partial charge in [-0.2, -0.15) is 0 Å². The fourth-order valence-corrected chi connectivity index (χ4v) is 1.56. The number of nitrogens with zero attached hydrogens (tertiary/aromatic N) is 1. The Morgan fingerprint density at radius 3 is 2.33 bits per heavy atom. The van der Waals surface area contributed by atoms with Crippen LogP contribution in [0.25, 0.3) is 0 Å². The third-order valence-corrected chi connectivity index (χ3v) is 2.81. The molecule has 5 heteroatoms. The Kier molecular flexibility index (Phi) is 7.25. The number of alkyl carbamates (subject to hydrolysis) is 1. The molecule has 0 spiro atoms. The number of likely N-dealkylation sites (N-methyl/N-ethyl adjacent to an activating group) is 1. The first-order chi connectivity index (χ1) is 8.17. The first-order valence-corrected chi connectivity index (χ1v) is 6.56. The van der Waals surface area contributed by atoms with Crippen molar-refractivity contribution in [1.82, 2.24) is 10.2 Å². The molecule has 0 heterocycles. The summed E-state index contributed by atoms with van der Waals surface area (Å²) in [5.41, 5.74) is 5.29. The minimum Gasteiger partial charge on any atom is -0.444 e. The number of nitrogens with two attached hydrogens (primary N) is 1. The van der Waals surface area contributed by atoms with E-state index in [-0.39, 0.29) is 12.1 Å². The maximum atomic E-state index is 11.5. The Hall–Kier alpha value is -0.810. The Labute approximate surface area is 111 Å². The number of carbonyl (C=O) groups is 1. The van der Waals surface area contributed by atoms with Crippen LogP contribution >= 0.6 is 0 Å². The van der Waals surface area contributed by atoms with Gasteiger partial charge in [-0.05, 0) is 48.1 Å². The molecular formula is C13H29N3O2. The number of ether oxygens (including phenoxy) is 1. The number of hydrogen-bond acceptors (Lipinski definition) is 4. The van der Waals surface area contributed by atoms with Crippen LogP contribution in [0.2, 0.25) is 0 Å². The monoisotopic (exact) mass is 259 g/mol. The van der Waals surface area contributed by atoms with Crippen LogP contribution in [0.3, 0.4) is 0 Å². The van der Waals surface area contributed by atoms with Crippen LogP contribution in [0, 0.1) is 0 Å². The van der Waals surface area contributed by atoms with E-state index >= 15 is 0 Å². The van der Waals surface area contributed by atoms with Crippen LogP contribution in [0.15, 0.2) is 0 Å². The van der Waals surface area contributed by atoms with E-state index in [1.165, 1.54) is 0 Å². The highest BCUT2D eigenvalue weighted by atomic mass is 16.6. The highest BCUT2D eigenvalue weighted by Gasteiger charge is 2.18. The van der Waals surface area contributed by atoms with Crippen LogP contribution in [0.4, 0.5) is 4.79 Å². The number of rotatable bonds is 6. The molecule has 0 fully saturated rings. The second kappa shape index (κ2) is 7.59. The SMILES string of the molecule is CC(C)N(C)C(CN)CCNC(=O)OC(C)(C)C. The Balaban J connectivity index is 3.98. The molecule has 0 saturated carbocycles. The molecule has 1 atom stereocenters. The molecule has 0 aromatic carbocycles. The molecule has 18 heavy (non-hydrogen) atoms. The second-order valence-corrected chi connectivity index (χ2v) is 5.87. The molecule has 0 saturated heterocycles. The zero-order valence-electron chi connectivity index (χ0n) is 12.6. The molecule has 0 aliphatic carbocycles. The maximum absolute atomic E-state index is 11.5. The van der Waals surface area contributed by atoms with Crippen molar-refractivity contribution in [2.45, 2.75) is 58.7 Å². The number of carbonyl (C=O) groups excluding carboxylic acids is 1. The maximum Gasteiger partial charge on any atom is 0.407 e. The van der Waals surface area contributed by atoms with Crippen LogP contribution in [-0.4, -0.2) is 48.8 Å². The first kappa shape index (κ1) is 17.2. The summed E-state index contributed by atoms with van der Waals surface area (Å²) in [4.78, 5) is 13.7. The number of nitrogens with one attached hydrogen (secondary N) is 1. The van der Waals surface area contributed by atoms with Crippen molar-refractivity contribution in [1.29, 1.82) is 0 Å². The van der Waals surface area contributed by atoms with Gasteiger partial charge in [0.1, 0.15) is 5.60 Å². The average Bonchev–Trinajstić information content (AvgIpc) is 2.20. The van der Waals surface area contributed by atoms with Crippen molar-refractivity contribution < 1.29 is 9.53 Å². The lowest BCUT2D eigenvalue weighted by Crippen LogP contribution is -2.44. The summed E-state index contributed by atoms with van der Waals surface area (Å²) in [5.74, 6) is 0. The quantitative estimate of drug-likeness (QED) is 0.760. The lowest BCUT2D eigenvalue weighted by Gasteiger charge is -2.30.